The second kappa shape index (κ2) is 9.62. The molecule has 0 aliphatic carbocycles. The number of ether oxygens (including phenoxy) is 1. The molecule has 1 N–H and O–H groups in total. The summed E-state index contributed by atoms with van der Waals surface area (Å²) in [6, 6.07) is 12.2. The van der Waals surface area contributed by atoms with Crippen molar-refractivity contribution in [1.82, 2.24) is 5.32 Å². The van der Waals surface area contributed by atoms with E-state index in [9.17, 15) is 23.2 Å². The van der Waals surface area contributed by atoms with Gasteiger partial charge in [-0.25, -0.2) is 18.5 Å². The van der Waals surface area contributed by atoms with Crippen LogP contribution in [0.3, 0.4) is 0 Å². The molecule has 1 aliphatic heterocycles. The topological polar surface area (TPSA) is 75.7 Å². The van der Waals surface area contributed by atoms with E-state index in [-0.39, 0.29) is 39.5 Å². The lowest BCUT2D eigenvalue weighted by Crippen LogP contribution is -2.54. The summed E-state index contributed by atoms with van der Waals surface area (Å²) in [4.78, 5) is 38.2. The minimum absolute atomic E-state index is 0.0792. The van der Waals surface area contributed by atoms with Crippen molar-refractivity contribution in [1.29, 1.82) is 0 Å². The van der Waals surface area contributed by atoms with Gasteiger partial charge in [-0.3, -0.25) is 14.9 Å². The fraction of sp³-hybridized carbons (Fsp3) is 0.0417. The van der Waals surface area contributed by atoms with Gasteiger partial charge in [-0.2, -0.15) is 0 Å². The number of carbonyl (C=O) groups excluding carboxylic acids is 3. The van der Waals surface area contributed by atoms with Crippen molar-refractivity contribution in [3.05, 3.63) is 99.0 Å². The molecule has 1 saturated heterocycles. The molecule has 0 atom stereocenters. The smallest absolute Gasteiger partial charge is 0.335 e. The number of nitrogens with zero attached hydrogens (tertiary/aromatic N) is 1. The Morgan fingerprint density at radius 2 is 1.44 bits per heavy atom. The van der Waals surface area contributed by atoms with E-state index in [4.69, 9.17) is 27.9 Å². The van der Waals surface area contributed by atoms with E-state index in [1.54, 1.807) is 12.1 Å². The van der Waals surface area contributed by atoms with Crippen molar-refractivity contribution >= 4 is 52.8 Å². The summed E-state index contributed by atoms with van der Waals surface area (Å²) >= 11 is 12.6. The van der Waals surface area contributed by atoms with E-state index in [2.05, 4.69) is 5.32 Å². The van der Waals surface area contributed by atoms with Gasteiger partial charge in [-0.05, 0) is 65.7 Å². The minimum Gasteiger partial charge on any atom is -0.486 e. The number of imide groups is 2. The van der Waals surface area contributed by atoms with Gasteiger partial charge in [-0.15, -0.1) is 0 Å². The summed E-state index contributed by atoms with van der Waals surface area (Å²) in [6.45, 7) is 0.0792. The van der Waals surface area contributed by atoms with Crippen LogP contribution in [0.1, 0.15) is 11.1 Å². The molecule has 3 aromatic rings. The lowest BCUT2D eigenvalue weighted by Gasteiger charge is -2.26. The first-order valence-electron chi connectivity index (χ1n) is 9.76. The molecule has 0 saturated carbocycles. The number of benzene rings is 3. The van der Waals surface area contributed by atoms with E-state index >= 15 is 0 Å². The molecular formula is C24H14Cl2F2N2O4. The summed E-state index contributed by atoms with van der Waals surface area (Å²) in [6.07, 6.45) is 1.22. The molecule has 1 aliphatic rings. The van der Waals surface area contributed by atoms with Gasteiger partial charge in [-0.1, -0.05) is 35.3 Å². The lowest BCUT2D eigenvalue weighted by atomic mass is 10.1. The summed E-state index contributed by atoms with van der Waals surface area (Å²) < 4.78 is 31.9. The average molecular weight is 503 g/mol. The number of rotatable bonds is 5. The molecule has 0 spiro atoms. The normalized spacial score (nSPS) is 15.0. The van der Waals surface area contributed by atoms with Crippen LogP contribution in [0.25, 0.3) is 6.08 Å². The van der Waals surface area contributed by atoms with Gasteiger partial charge >= 0.3 is 6.03 Å². The van der Waals surface area contributed by atoms with Crippen LogP contribution in [-0.4, -0.2) is 17.8 Å². The largest absolute Gasteiger partial charge is 0.486 e. The van der Waals surface area contributed by atoms with Crippen molar-refractivity contribution in [2.24, 2.45) is 0 Å². The van der Waals surface area contributed by atoms with E-state index in [1.165, 1.54) is 42.5 Å². The van der Waals surface area contributed by atoms with Crippen LogP contribution in [0, 0.1) is 11.6 Å². The Morgan fingerprint density at radius 1 is 0.882 bits per heavy atom. The molecule has 34 heavy (non-hydrogen) atoms. The number of amides is 4. The number of barbiturate groups is 1. The van der Waals surface area contributed by atoms with Crippen LogP contribution in [0.4, 0.5) is 19.3 Å². The summed E-state index contributed by atoms with van der Waals surface area (Å²) in [5, 5.41) is 2.29. The SMILES string of the molecule is O=C1NC(=O)N(c2ccc(F)cc2)C(=O)/C1=C/c1cc(Cl)c(OCc2ccc(F)cc2)c(Cl)c1. The highest BCUT2D eigenvalue weighted by molar-refractivity contribution is 6.40. The minimum atomic E-state index is -0.959. The molecule has 0 bridgehead atoms. The fourth-order valence-corrected chi connectivity index (χ4v) is 3.80. The molecule has 0 radical (unpaired) electrons. The zero-order valence-electron chi connectivity index (χ0n) is 17.2. The Morgan fingerprint density at radius 3 is 2.03 bits per heavy atom. The highest BCUT2D eigenvalue weighted by Crippen LogP contribution is 2.36. The molecule has 6 nitrogen and oxygen atoms in total. The third-order valence-electron chi connectivity index (χ3n) is 4.81. The number of hydrogen-bond acceptors (Lipinski definition) is 4. The van der Waals surface area contributed by atoms with E-state index in [1.807, 2.05) is 0 Å². The zero-order valence-corrected chi connectivity index (χ0v) is 18.7. The van der Waals surface area contributed by atoms with Gasteiger partial charge in [0.15, 0.2) is 5.75 Å². The summed E-state index contributed by atoms with van der Waals surface area (Å²) in [5.74, 6) is -2.57. The van der Waals surface area contributed by atoms with Crippen LogP contribution in [0.2, 0.25) is 10.0 Å². The maximum absolute atomic E-state index is 13.2. The molecule has 10 heteroatoms. The molecule has 1 fully saturated rings. The Labute approximate surface area is 202 Å². The maximum Gasteiger partial charge on any atom is 0.335 e. The standard InChI is InChI=1S/C24H14Cl2F2N2O4/c25-19-10-14(11-20(26)21(19)34-12-13-1-3-15(27)4-2-13)9-18-22(31)29-24(33)30(23(18)32)17-7-5-16(28)6-8-17/h1-11H,12H2,(H,29,31,33)/b18-9+. The molecule has 4 amide bonds. The first-order valence-corrected chi connectivity index (χ1v) is 10.5. The molecule has 1 heterocycles. The Hall–Kier alpha value is -3.75. The Bertz CT molecular complexity index is 1300. The van der Waals surface area contributed by atoms with Gasteiger partial charge in [0.25, 0.3) is 11.8 Å². The number of urea groups is 1. The van der Waals surface area contributed by atoms with E-state index in [0.29, 0.717) is 11.1 Å². The van der Waals surface area contributed by atoms with Crippen LogP contribution < -0.4 is 15.0 Å². The zero-order chi connectivity index (χ0) is 24.4. The third kappa shape index (κ3) is 4.93. The third-order valence-corrected chi connectivity index (χ3v) is 5.38. The second-order valence-electron chi connectivity index (χ2n) is 7.16. The number of carbonyl (C=O) groups is 3. The molecular weight excluding hydrogens is 489 g/mol. The lowest BCUT2D eigenvalue weighted by molar-refractivity contribution is -0.122. The highest BCUT2D eigenvalue weighted by Gasteiger charge is 2.36. The van der Waals surface area contributed by atoms with Crippen LogP contribution >= 0.6 is 23.2 Å². The second-order valence-corrected chi connectivity index (χ2v) is 7.98. The quantitative estimate of drug-likeness (QED) is 0.368. The van der Waals surface area contributed by atoms with E-state index in [0.717, 1.165) is 17.0 Å². The van der Waals surface area contributed by atoms with Gasteiger partial charge in [0.2, 0.25) is 0 Å². The van der Waals surface area contributed by atoms with Crippen molar-refractivity contribution in [2.45, 2.75) is 6.61 Å². The van der Waals surface area contributed by atoms with Crippen LogP contribution in [0.5, 0.6) is 5.75 Å². The molecule has 172 valence electrons. The first-order chi connectivity index (χ1) is 16.2. The Kier molecular flexibility index (Phi) is 6.63. The summed E-state index contributed by atoms with van der Waals surface area (Å²) in [5.41, 5.74) is 0.727. The number of hydrogen-bond donors (Lipinski definition) is 1. The molecule has 0 unspecified atom stereocenters. The molecule has 4 rings (SSSR count). The molecule has 0 aromatic heterocycles. The molecule has 3 aromatic carbocycles. The average Bonchev–Trinajstić information content (AvgIpc) is 2.78. The highest BCUT2D eigenvalue weighted by atomic mass is 35.5. The van der Waals surface area contributed by atoms with Gasteiger partial charge in [0, 0.05) is 0 Å². The number of halogens is 4. The van der Waals surface area contributed by atoms with Crippen LogP contribution in [-0.2, 0) is 16.2 Å². The van der Waals surface area contributed by atoms with E-state index < -0.39 is 23.7 Å². The first kappa shape index (κ1) is 23.4. The van der Waals surface area contributed by atoms with Gasteiger partial charge in [0.05, 0.1) is 15.7 Å². The summed E-state index contributed by atoms with van der Waals surface area (Å²) in [7, 11) is 0. The fourth-order valence-electron chi connectivity index (χ4n) is 3.19. The predicted molar refractivity (Wildman–Crippen MR) is 123 cm³/mol. The van der Waals surface area contributed by atoms with Crippen molar-refractivity contribution in [3.63, 3.8) is 0 Å². The number of anilines is 1. The van der Waals surface area contributed by atoms with Crippen molar-refractivity contribution in [2.75, 3.05) is 4.90 Å². The Balaban J connectivity index is 1.60. The maximum atomic E-state index is 13.2. The van der Waals surface area contributed by atoms with Crippen molar-refractivity contribution in [3.8, 4) is 5.75 Å². The number of nitrogens with one attached hydrogen (secondary N) is 1. The monoisotopic (exact) mass is 502 g/mol. The van der Waals surface area contributed by atoms with Gasteiger partial charge in [0.1, 0.15) is 23.8 Å². The van der Waals surface area contributed by atoms with Crippen LogP contribution in [0.15, 0.2) is 66.2 Å². The van der Waals surface area contributed by atoms with Gasteiger partial charge < -0.3 is 4.74 Å². The van der Waals surface area contributed by atoms with Crippen molar-refractivity contribution < 1.29 is 27.9 Å². The predicted octanol–water partition coefficient (Wildman–Crippen LogP) is 5.52.